The van der Waals surface area contributed by atoms with Crippen LogP contribution in [0.1, 0.15) is 25.0 Å². The summed E-state index contributed by atoms with van der Waals surface area (Å²) in [5, 5.41) is 21.4. The minimum absolute atomic E-state index is 0.00362. The Labute approximate surface area is 118 Å². The number of allylic oxidation sites excluding steroid dienone is 2. The van der Waals surface area contributed by atoms with Crippen molar-refractivity contribution in [3.63, 3.8) is 0 Å². The molecule has 1 heterocycles. The summed E-state index contributed by atoms with van der Waals surface area (Å²) in [7, 11) is 0. The van der Waals surface area contributed by atoms with Gasteiger partial charge in [0.15, 0.2) is 5.70 Å². The van der Waals surface area contributed by atoms with Crippen LogP contribution >= 0.6 is 0 Å². The number of nitrogens with zero attached hydrogens (tertiary/aromatic N) is 2. The van der Waals surface area contributed by atoms with E-state index in [9.17, 15) is 0 Å². The van der Waals surface area contributed by atoms with Gasteiger partial charge in [0.25, 0.3) is 0 Å². The number of aliphatic hydroxyl groups excluding tert-OH is 1. The molecule has 1 aromatic rings. The molecule has 1 aliphatic heterocycles. The highest BCUT2D eigenvalue weighted by atomic mass is 16.3. The van der Waals surface area contributed by atoms with Crippen LogP contribution in [-0.4, -0.2) is 5.11 Å². The van der Waals surface area contributed by atoms with Crippen LogP contribution in [0.2, 0.25) is 0 Å². The second-order valence-electron chi connectivity index (χ2n) is 4.72. The first-order chi connectivity index (χ1) is 9.62. The molecule has 0 spiro atoms. The summed E-state index contributed by atoms with van der Waals surface area (Å²) < 4.78 is 0. The van der Waals surface area contributed by atoms with E-state index in [-0.39, 0.29) is 12.5 Å². The number of benzene rings is 1. The Hall–Kier alpha value is -2.56. The molecule has 0 bridgehead atoms. The zero-order valence-corrected chi connectivity index (χ0v) is 11.4. The van der Waals surface area contributed by atoms with Crippen LogP contribution in [0.4, 0.5) is 0 Å². The van der Waals surface area contributed by atoms with E-state index >= 15 is 0 Å². The predicted molar refractivity (Wildman–Crippen MR) is 76.5 cm³/mol. The van der Waals surface area contributed by atoms with E-state index in [1.54, 1.807) is 0 Å². The summed E-state index contributed by atoms with van der Waals surface area (Å²) >= 11 is 0. The Kier molecular flexibility index (Phi) is 3.89. The summed E-state index contributed by atoms with van der Waals surface area (Å²) in [6, 6.07) is 9.56. The highest BCUT2D eigenvalue weighted by Gasteiger charge is 2.26. The second-order valence-corrected chi connectivity index (χ2v) is 4.72. The molecule has 0 saturated heterocycles. The van der Waals surface area contributed by atoms with Crippen LogP contribution in [0.5, 0.6) is 0 Å². The molecule has 1 aliphatic rings. The van der Waals surface area contributed by atoms with Crippen LogP contribution in [0.25, 0.3) is 10.5 Å². The molecule has 4 heteroatoms. The minimum Gasteiger partial charge on any atom is -0.392 e. The fourth-order valence-electron chi connectivity index (χ4n) is 2.33. The summed E-state index contributed by atoms with van der Waals surface area (Å²) in [6.45, 7) is 11.1. The van der Waals surface area contributed by atoms with Gasteiger partial charge in [0.2, 0.25) is 0 Å². The van der Waals surface area contributed by atoms with E-state index < -0.39 is 0 Å². The maximum atomic E-state index is 9.17. The molecular weight excluding hydrogens is 250 g/mol. The van der Waals surface area contributed by atoms with E-state index in [1.807, 2.05) is 38.1 Å². The molecule has 0 unspecified atom stereocenters. The first-order valence-electron chi connectivity index (χ1n) is 6.32. The van der Waals surface area contributed by atoms with Crippen molar-refractivity contribution in [2.75, 3.05) is 0 Å². The van der Waals surface area contributed by atoms with Gasteiger partial charge in [-0.1, -0.05) is 31.2 Å². The number of dihydropyridines is 1. The summed E-state index contributed by atoms with van der Waals surface area (Å²) in [6.07, 6.45) is 0. The lowest BCUT2D eigenvalue weighted by molar-refractivity contribution is 0.282. The van der Waals surface area contributed by atoms with Gasteiger partial charge in [-0.3, -0.25) is 0 Å². The standard InChI is InChI=1S/C16H15N3O/c1-10-14(8-17)11(2)19-16(15(10)18-3)13-6-4-12(9-20)5-7-13/h4-7,10,19-20H,9H2,1-2H3/t10-/m1/s1. The fourth-order valence-corrected chi connectivity index (χ4v) is 2.33. The fraction of sp³-hybridized carbons (Fsp3) is 0.250. The first kappa shape index (κ1) is 13.9. The predicted octanol–water partition coefficient (Wildman–Crippen LogP) is 2.80. The van der Waals surface area contributed by atoms with Crippen molar-refractivity contribution >= 4 is 5.70 Å². The Balaban J connectivity index is 2.49. The van der Waals surface area contributed by atoms with Gasteiger partial charge in [0.1, 0.15) is 0 Å². The number of aliphatic hydroxyl groups is 1. The monoisotopic (exact) mass is 265 g/mol. The topological polar surface area (TPSA) is 60.4 Å². The zero-order chi connectivity index (χ0) is 14.7. The number of nitriles is 1. The van der Waals surface area contributed by atoms with Crippen molar-refractivity contribution < 1.29 is 5.11 Å². The highest BCUT2D eigenvalue weighted by Crippen LogP contribution is 2.33. The molecule has 100 valence electrons. The van der Waals surface area contributed by atoms with Crippen LogP contribution in [-0.2, 0) is 6.61 Å². The molecule has 2 rings (SSSR count). The van der Waals surface area contributed by atoms with Crippen molar-refractivity contribution in [2.24, 2.45) is 5.92 Å². The van der Waals surface area contributed by atoms with Crippen LogP contribution in [0.3, 0.4) is 0 Å². The third-order valence-corrected chi connectivity index (χ3v) is 3.48. The molecule has 20 heavy (non-hydrogen) atoms. The highest BCUT2D eigenvalue weighted by molar-refractivity contribution is 5.73. The zero-order valence-electron chi connectivity index (χ0n) is 11.4. The maximum Gasteiger partial charge on any atom is 0.196 e. The third-order valence-electron chi connectivity index (χ3n) is 3.48. The molecule has 0 amide bonds. The van der Waals surface area contributed by atoms with E-state index in [0.29, 0.717) is 11.3 Å². The number of nitrogens with one attached hydrogen (secondary N) is 1. The molecule has 0 fully saturated rings. The van der Waals surface area contributed by atoms with Gasteiger partial charge in [-0.05, 0) is 18.1 Å². The SMILES string of the molecule is [C-]#[N+]C1=C(c2ccc(CO)cc2)NC(C)=C(C#N)[C@H]1C. The average molecular weight is 265 g/mol. The lowest BCUT2D eigenvalue weighted by Crippen LogP contribution is -2.22. The van der Waals surface area contributed by atoms with Crippen molar-refractivity contribution in [3.8, 4) is 6.07 Å². The number of hydrogen-bond donors (Lipinski definition) is 2. The molecule has 1 aromatic carbocycles. The third kappa shape index (κ3) is 2.30. The van der Waals surface area contributed by atoms with E-state index in [4.69, 9.17) is 16.9 Å². The average Bonchev–Trinajstić information content (AvgIpc) is 2.47. The number of rotatable bonds is 2. The van der Waals surface area contributed by atoms with Crippen molar-refractivity contribution in [3.05, 3.63) is 63.8 Å². The molecule has 0 saturated carbocycles. The maximum absolute atomic E-state index is 9.17. The van der Waals surface area contributed by atoms with E-state index in [0.717, 1.165) is 22.5 Å². The smallest absolute Gasteiger partial charge is 0.196 e. The Bertz CT molecular complexity index is 669. The van der Waals surface area contributed by atoms with Gasteiger partial charge in [0, 0.05) is 22.9 Å². The van der Waals surface area contributed by atoms with Gasteiger partial charge in [-0.2, -0.15) is 5.26 Å². The molecule has 1 atom stereocenters. The summed E-state index contributed by atoms with van der Waals surface area (Å²) in [5.74, 6) is -0.203. The lowest BCUT2D eigenvalue weighted by atomic mass is 9.90. The van der Waals surface area contributed by atoms with Gasteiger partial charge in [-0.25, -0.2) is 4.85 Å². The van der Waals surface area contributed by atoms with Gasteiger partial charge in [0.05, 0.1) is 19.2 Å². The Morgan fingerprint density at radius 1 is 1.40 bits per heavy atom. The number of hydrogen-bond acceptors (Lipinski definition) is 3. The van der Waals surface area contributed by atoms with Gasteiger partial charge < -0.3 is 10.4 Å². The molecule has 0 aromatic heterocycles. The van der Waals surface area contributed by atoms with Gasteiger partial charge >= 0.3 is 0 Å². The van der Waals surface area contributed by atoms with Crippen LogP contribution in [0, 0.1) is 23.8 Å². The lowest BCUT2D eigenvalue weighted by Gasteiger charge is -2.25. The molecule has 2 N–H and O–H groups in total. The van der Waals surface area contributed by atoms with Crippen molar-refractivity contribution in [1.29, 1.82) is 5.26 Å². The first-order valence-corrected chi connectivity index (χ1v) is 6.32. The quantitative estimate of drug-likeness (QED) is 0.808. The minimum atomic E-state index is -0.203. The summed E-state index contributed by atoms with van der Waals surface area (Å²) in [4.78, 5) is 3.59. The van der Waals surface area contributed by atoms with Crippen molar-refractivity contribution in [1.82, 2.24) is 5.32 Å². The normalized spacial score (nSPS) is 18.4. The molecular formula is C16H15N3O. The Morgan fingerprint density at radius 2 is 2.05 bits per heavy atom. The molecule has 0 aliphatic carbocycles. The van der Waals surface area contributed by atoms with E-state index in [2.05, 4.69) is 16.2 Å². The van der Waals surface area contributed by atoms with Gasteiger partial charge in [-0.15, -0.1) is 0 Å². The molecule has 0 radical (unpaired) electrons. The van der Waals surface area contributed by atoms with Crippen LogP contribution in [0.15, 0.2) is 41.2 Å². The Morgan fingerprint density at radius 3 is 2.55 bits per heavy atom. The van der Waals surface area contributed by atoms with E-state index in [1.165, 1.54) is 0 Å². The van der Waals surface area contributed by atoms with Crippen LogP contribution < -0.4 is 5.32 Å². The van der Waals surface area contributed by atoms with Crippen molar-refractivity contribution in [2.45, 2.75) is 20.5 Å². The molecule has 4 nitrogen and oxygen atoms in total. The largest absolute Gasteiger partial charge is 0.392 e. The summed E-state index contributed by atoms with van der Waals surface area (Å²) in [5.41, 5.74) is 4.39. The second kappa shape index (κ2) is 5.61.